The van der Waals surface area contributed by atoms with Crippen molar-refractivity contribution in [2.45, 2.75) is 23.4 Å². The summed E-state index contributed by atoms with van der Waals surface area (Å²) >= 11 is 0. The highest BCUT2D eigenvalue weighted by atomic mass is 32.2. The van der Waals surface area contributed by atoms with Gasteiger partial charge < -0.3 is 10.1 Å². The van der Waals surface area contributed by atoms with Crippen LogP contribution < -0.4 is 10.1 Å². The molecule has 0 bridgehead atoms. The fourth-order valence-electron chi connectivity index (χ4n) is 3.18. The van der Waals surface area contributed by atoms with Crippen LogP contribution in [-0.2, 0) is 16.4 Å². The lowest BCUT2D eigenvalue weighted by Gasteiger charge is -2.23. The summed E-state index contributed by atoms with van der Waals surface area (Å²) in [5, 5.41) is 13.5. The molecule has 2 aromatic rings. The van der Waals surface area contributed by atoms with E-state index in [1.807, 2.05) is 12.1 Å². The molecule has 9 nitrogen and oxygen atoms in total. The number of ether oxygens (including phenoxy) is 1. The first-order chi connectivity index (χ1) is 13.8. The Kier molecular flexibility index (Phi) is 5.55. The molecule has 2 aromatic carbocycles. The van der Waals surface area contributed by atoms with Crippen LogP contribution >= 0.6 is 0 Å². The molecule has 29 heavy (non-hydrogen) atoms. The lowest BCUT2D eigenvalue weighted by atomic mass is 10.0. The van der Waals surface area contributed by atoms with Crippen molar-refractivity contribution in [3.8, 4) is 5.75 Å². The van der Waals surface area contributed by atoms with Crippen LogP contribution in [0.2, 0.25) is 0 Å². The molecular weight excluding hydrogens is 398 g/mol. The van der Waals surface area contributed by atoms with Gasteiger partial charge in [0.25, 0.3) is 15.7 Å². The summed E-state index contributed by atoms with van der Waals surface area (Å²) in [7, 11) is -2.66. The van der Waals surface area contributed by atoms with Crippen molar-refractivity contribution in [2.75, 3.05) is 7.11 Å². The van der Waals surface area contributed by atoms with Crippen molar-refractivity contribution in [2.24, 2.45) is 0 Å². The molecule has 0 radical (unpaired) electrons. The highest BCUT2D eigenvalue weighted by Gasteiger charge is 2.45. The van der Waals surface area contributed by atoms with Crippen molar-refractivity contribution in [3.63, 3.8) is 0 Å². The van der Waals surface area contributed by atoms with Gasteiger partial charge in [-0.2, -0.15) is 0 Å². The Hall–Kier alpha value is -3.40. The van der Waals surface area contributed by atoms with Crippen LogP contribution in [0.5, 0.6) is 5.75 Å². The number of nitro benzene ring substituents is 1. The first-order valence-electron chi connectivity index (χ1n) is 8.63. The van der Waals surface area contributed by atoms with Gasteiger partial charge in [-0.1, -0.05) is 18.2 Å². The van der Waals surface area contributed by atoms with Gasteiger partial charge in [0.05, 0.1) is 29.0 Å². The van der Waals surface area contributed by atoms with Crippen molar-refractivity contribution in [3.05, 3.63) is 76.9 Å². The van der Waals surface area contributed by atoms with Gasteiger partial charge in [0.15, 0.2) is 0 Å². The molecule has 1 fully saturated rings. The van der Waals surface area contributed by atoms with Gasteiger partial charge in [-0.25, -0.2) is 17.5 Å². The van der Waals surface area contributed by atoms with Crippen LogP contribution in [0.3, 0.4) is 0 Å². The Morgan fingerprint density at radius 1 is 1.21 bits per heavy atom. The summed E-state index contributed by atoms with van der Waals surface area (Å²) in [5.41, 5.74) is 0.644. The minimum absolute atomic E-state index is 0.213. The van der Waals surface area contributed by atoms with Gasteiger partial charge in [-0.3, -0.25) is 10.1 Å². The smallest absolute Gasteiger partial charge is 0.332 e. The van der Waals surface area contributed by atoms with Crippen LogP contribution in [0.1, 0.15) is 5.56 Å². The number of carbonyl (C=O) groups is 1. The topological polar surface area (TPSA) is 119 Å². The Morgan fingerprint density at radius 3 is 2.34 bits per heavy atom. The van der Waals surface area contributed by atoms with Gasteiger partial charge in [-0.15, -0.1) is 6.58 Å². The molecule has 0 unspecified atom stereocenters. The number of non-ortho nitro benzene ring substituents is 1. The predicted molar refractivity (Wildman–Crippen MR) is 105 cm³/mol. The maximum atomic E-state index is 13.0. The molecule has 0 saturated carbocycles. The Bertz CT molecular complexity index is 1030. The standard InChI is InChI=1S/C19H19N3O6S/c1-3-18-17(12-13-4-8-15(28-2)9-5-13)20-19(23)21(18)29(26,27)16-10-6-14(7-11-16)22(24)25/h3-11,17-18H,1,12H2,2H3,(H,20,23)/t17-,18-/m1/s1. The molecule has 3 rings (SSSR count). The quantitative estimate of drug-likeness (QED) is 0.420. The zero-order chi connectivity index (χ0) is 21.2. The number of hydrogen-bond acceptors (Lipinski definition) is 6. The second kappa shape index (κ2) is 7.92. The van der Waals surface area contributed by atoms with Crippen LogP contribution in [0.25, 0.3) is 0 Å². The van der Waals surface area contributed by atoms with E-state index in [2.05, 4.69) is 11.9 Å². The summed E-state index contributed by atoms with van der Waals surface area (Å²) in [5.74, 6) is 0.687. The van der Waals surface area contributed by atoms with E-state index in [9.17, 15) is 23.3 Å². The number of hydrogen-bond donors (Lipinski definition) is 1. The third kappa shape index (κ3) is 3.92. The molecule has 0 aliphatic carbocycles. The zero-order valence-corrected chi connectivity index (χ0v) is 16.3. The normalized spacial score (nSPS) is 18.9. The van der Waals surface area contributed by atoms with Crippen molar-refractivity contribution >= 4 is 21.7 Å². The third-order valence-corrected chi connectivity index (χ3v) is 6.45. The lowest BCUT2D eigenvalue weighted by molar-refractivity contribution is -0.384. The molecule has 1 aliphatic heterocycles. The Morgan fingerprint density at radius 2 is 1.83 bits per heavy atom. The average Bonchev–Trinajstić information content (AvgIpc) is 3.04. The summed E-state index contributed by atoms with van der Waals surface area (Å²) in [6.45, 7) is 3.68. The average molecular weight is 417 g/mol. The highest BCUT2D eigenvalue weighted by molar-refractivity contribution is 7.89. The van der Waals surface area contributed by atoms with Gasteiger partial charge in [0.2, 0.25) is 0 Å². The van der Waals surface area contributed by atoms with Crippen LogP contribution in [-0.4, -0.2) is 42.9 Å². The van der Waals surface area contributed by atoms with Crippen molar-refractivity contribution < 1.29 is 22.9 Å². The van der Waals surface area contributed by atoms with E-state index in [1.54, 1.807) is 19.2 Å². The summed E-state index contributed by atoms with van der Waals surface area (Å²) in [6, 6.07) is 9.50. The first-order valence-corrected chi connectivity index (χ1v) is 10.1. The van der Waals surface area contributed by atoms with Crippen LogP contribution in [0, 0.1) is 10.1 Å². The number of benzene rings is 2. The van der Waals surface area contributed by atoms with Crippen LogP contribution in [0.15, 0.2) is 66.1 Å². The number of carbonyl (C=O) groups excluding carboxylic acids is 1. The fraction of sp³-hybridized carbons (Fsp3) is 0.211. The van der Waals surface area contributed by atoms with Crippen molar-refractivity contribution in [1.82, 2.24) is 9.62 Å². The van der Waals surface area contributed by atoms with Gasteiger partial charge in [-0.05, 0) is 36.2 Å². The Balaban J connectivity index is 1.87. The van der Waals surface area contributed by atoms with Gasteiger partial charge in [0, 0.05) is 12.1 Å². The van der Waals surface area contributed by atoms with E-state index < -0.39 is 33.1 Å². The highest BCUT2D eigenvalue weighted by Crippen LogP contribution is 2.28. The first kappa shape index (κ1) is 20.3. The maximum absolute atomic E-state index is 13.0. The second-order valence-corrected chi connectivity index (χ2v) is 8.20. The third-order valence-electron chi connectivity index (χ3n) is 4.65. The number of nitro groups is 1. The van der Waals surface area contributed by atoms with E-state index in [4.69, 9.17) is 4.74 Å². The molecule has 2 atom stereocenters. The van der Waals surface area contributed by atoms with E-state index in [1.165, 1.54) is 6.08 Å². The SMILES string of the molecule is C=C[C@@H]1[C@@H](Cc2ccc(OC)cc2)NC(=O)N1S(=O)(=O)c1ccc([N+](=O)[O-])cc1. The lowest BCUT2D eigenvalue weighted by Crippen LogP contribution is -2.40. The molecular formula is C19H19N3O6S. The minimum atomic E-state index is -4.22. The molecule has 1 aliphatic rings. The summed E-state index contributed by atoms with van der Waals surface area (Å²) < 4.78 is 31.9. The molecule has 152 valence electrons. The van der Waals surface area contributed by atoms with Crippen LogP contribution in [0.4, 0.5) is 10.5 Å². The number of urea groups is 1. The van der Waals surface area contributed by atoms with Gasteiger partial charge >= 0.3 is 6.03 Å². The predicted octanol–water partition coefficient (Wildman–Crippen LogP) is 2.48. The molecule has 1 saturated heterocycles. The second-order valence-electron chi connectivity index (χ2n) is 6.39. The number of nitrogens with zero attached hydrogens (tertiary/aromatic N) is 2. The molecule has 1 heterocycles. The van der Waals surface area contributed by atoms with Gasteiger partial charge in [0.1, 0.15) is 5.75 Å². The number of sulfonamides is 1. The molecule has 0 aromatic heterocycles. The van der Waals surface area contributed by atoms with E-state index in [-0.39, 0.29) is 10.6 Å². The number of amides is 2. The minimum Gasteiger partial charge on any atom is -0.497 e. The Labute approximate surface area is 167 Å². The summed E-state index contributed by atoms with van der Waals surface area (Å²) in [6.07, 6.45) is 1.79. The number of rotatable bonds is 7. The fourth-order valence-corrected chi connectivity index (χ4v) is 4.71. The summed E-state index contributed by atoms with van der Waals surface area (Å²) in [4.78, 5) is 22.4. The van der Waals surface area contributed by atoms with E-state index in [0.29, 0.717) is 12.2 Å². The molecule has 1 N–H and O–H groups in total. The zero-order valence-electron chi connectivity index (χ0n) is 15.5. The van der Waals surface area contributed by atoms with E-state index in [0.717, 1.165) is 34.1 Å². The maximum Gasteiger partial charge on any atom is 0.332 e. The number of nitrogens with one attached hydrogen (secondary N) is 1. The monoisotopic (exact) mass is 417 g/mol. The molecule has 2 amide bonds. The largest absolute Gasteiger partial charge is 0.497 e. The molecule has 0 spiro atoms. The van der Waals surface area contributed by atoms with Crippen molar-refractivity contribution in [1.29, 1.82) is 0 Å². The number of methoxy groups -OCH3 is 1. The van der Waals surface area contributed by atoms with E-state index >= 15 is 0 Å². The molecule has 10 heteroatoms.